The van der Waals surface area contributed by atoms with Crippen LogP contribution in [0.1, 0.15) is 39.5 Å². The quantitative estimate of drug-likeness (QED) is 0.392. The first kappa shape index (κ1) is 28.0. The van der Waals surface area contributed by atoms with Crippen LogP contribution in [0.2, 0.25) is 0 Å². The van der Waals surface area contributed by atoms with Gasteiger partial charge in [-0.25, -0.2) is 18.3 Å². The number of nitrogens with zero attached hydrogens (tertiary/aromatic N) is 3. The van der Waals surface area contributed by atoms with Crippen LogP contribution in [0, 0.1) is 11.3 Å². The van der Waals surface area contributed by atoms with Gasteiger partial charge in [-0.1, -0.05) is 24.2 Å². The number of carbonyl (C=O) groups is 2. The number of aromatic nitrogens is 1. The lowest BCUT2D eigenvalue weighted by atomic mass is 9.97. The van der Waals surface area contributed by atoms with Crippen molar-refractivity contribution in [3.8, 4) is 0 Å². The summed E-state index contributed by atoms with van der Waals surface area (Å²) in [4.78, 5) is 31.6. The third-order valence-corrected chi connectivity index (χ3v) is 10.6. The predicted molar refractivity (Wildman–Crippen MR) is 148 cm³/mol. The fourth-order valence-corrected chi connectivity index (χ4v) is 7.31. The minimum Gasteiger partial charge on any atom is -0.481 e. The number of aliphatic carboxylic acids is 1. The number of nitrogens with one attached hydrogen (secondary N) is 1. The lowest BCUT2D eigenvalue weighted by Crippen LogP contribution is -2.38. The van der Waals surface area contributed by atoms with Crippen molar-refractivity contribution < 1.29 is 23.6 Å². The van der Waals surface area contributed by atoms with E-state index in [9.17, 15) is 18.9 Å². The molecule has 0 spiro atoms. The van der Waals surface area contributed by atoms with Crippen molar-refractivity contribution in [3.05, 3.63) is 30.5 Å². The Morgan fingerprint density at radius 2 is 1.92 bits per heavy atom. The number of morpholine rings is 1. The maximum atomic E-state index is 13.4. The van der Waals surface area contributed by atoms with Gasteiger partial charge < -0.3 is 9.84 Å². The monoisotopic (exact) mass is 566 g/mol. The molecule has 2 amide bonds. The van der Waals surface area contributed by atoms with E-state index in [4.69, 9.17) is 4.74 Å². The van der Waals surface area contributed by atoms with Crippen molar-refractivity contribution in [1.29, 1.82) is 0 Å². The van der Waals surface area contributed by atoms with E-state index >= 15 is 0 Å². The molecule has 202 valence electrons. The number of carbonyl (C=O) groups excluding carboxylic acids is 1. The van der Waals surface area contributed by atoms with Crippen LogP contribution in [0.25, 0.3) is 0 Å². The van der Waals surface area contributed by atoms with Crippen LogP contribution in [-0.4, -0.2) is 69.2 Å². The van der Waals surface area contributed by atoms with E-state index in [1.807, 2.05) is 28.6 Å². The first-order chi connectivity index (χ1) is 17.7. The Morgan fingerprint density at radius 1 is 1.24 bits per heavy atom. The zero-order valence-electron chi connectivity index (χ0n) is 21.2. The molecule has 1 saturated heterocycles. The number of carboxylic acids is 1. The number of hydrogen-bond acceptors (Lipinski definition) is 7. The van der Waals surface area contributed by atoms with Crippen LogP contribution in [-0.2, 0) is 20.5 Å². The normalized spacial score (nSPS) is 18.0. The van der Waals surface area contributed by atoms with E-state index < -0.39 is 22.4 Å². The molecule has 1 aliphatic heterocycles. The van der Waals surface area contributed by atoms with Crippen LogP contribution in [0.5, 0.6) is 0 Å². The van der Waals surface area contributed by atoms with Gasteiger partial charge in [0, 0.05) is 31.1 Å². The first-order valence-electron chi connectivity index (χ1n) is 12.5. The third-order valence-electron chi connectivity index (χ3n) is 6.57. The van der Waals surface area contributed by atoms with E-state index in [0.29, 0.717) is 54.5 Å². The highest BCUT2D eigenvalue weighted by Crippen LogP contribution is 2.34. The Bertz CT molecular complexity index is 1100. The van der Waals surface area contributed by atoms with E-state index in [1.165, 1.54) is 35.9 Å². The van der Waals surface area contributed by atoms with Crippen LogP contribution >= 0.6 is 23.1 Å². The number of thiazole rings is 1. The summed E-state index contributed by atoms with van der Waals surface area (Å²) in [7, 11) is -1.26. The summed E-state index contributed by atoms with van der Waals surface area (Å²) in [5.74, 6) is -0.00173. The summed E-state index contributed by atoms with van der Waals surface area (Å²) in [5, 5.41) is 12.7. The van der Waals surface area contributed by atoms with Crippen LogP contribution in [0.15, 0.2) is 39.6 Å². The molecule has 4 rings (SSSR count). The SMILES string of the molecule is CC(C)(CSc1cnc(NC(=O)N(CC2CCCC2)c2ccc(S(=O)N3CCOCC3)cc2)s1)C(=O)O. The number of thioether (sulfide) groups is 1. The Balaban J connectivity index is 1.44. The van der Waals surface area contributed by atoms with Crippen LogP contribution in [0.3, 0.4) is 0 Å². The number of rotatable bonds is 10. The lowest BCUT2D eigenvalue weighted by molar-refractivity contribution is -0.145. The predicted octanol–water partition coefficient (Wildman–Crippen LogP) is 4.93. The summed E-state index contributed by atoms with van der Waals surface area (Å²) in [6, 6.07) is 7.13. The third kappa shape index (κ3) is 7.53. The maximum absolute atomic E-state index is 13.4. The fourth-order valence-electron chi connectivity index (χ4n) is 4.22. The Kier molecular flexibility index (Phi) is 9.62. The van der Waals surface area contributed by atoms with E-state index in [2.05, 4.69) is 10.3 Å². The molecule has 1 aromatic carbocycles. The van der Waals surface area contributed by atoms with Crippen molar-refractivity contribution in [1.82, 2.24) is 9.29 Å². The molecule has 2 N–H and O–H groups in total. The molecule has 0 bridgehead atoms. The maximum Gasteiger partial charge on any atom is 0.328 e. The average molecular weight is 567 g/mol. The van der Waals surface area contributed by atoms with Gasteiger partial charge in [0.05, 0.1) is 33.9 Å². The molecule has 0 radical (unpaired) electrons. The number of benzene rings is 1. The summed E-state index contributed by atoms with van der Waals surface area (Å²) in [5.41, 5.74) is -0.102. The smallest absolute Gasteiger partial charge is 0.328 e. The molecule has 2 fully saturated rings. The molecular weight excluding hydrogens is 532 g/mol. The molecular formula is C25H34N4O5S3. The van der Waals surface area contributed by atoms with Gasteiger partial charge in [0.15, 0.2) is 5.13 Å². The molecule has 1 aromatic heterocycles. The molecule has 37 heavy (non-hydrogen) atoms. The lowest BCUT2D eigenvalue weighted by Gasteiger charge is -2.27. The molecule has 9 nitrogen and oxygen atoms in total. The summed E-state index contributed by atoms with van der Waals surface area (Å²) in [6.45, 7) is 6.40. The highest BCUT2D eigenvalue weighted by atomic mass is 32.2. The van der Waals surface area contributed by atoms with Crippen LogP contribution in [0.4, 0.5) is 15.6 Å². The average Bonchev–Trinajstić information content (AvgIpc) is 3.58. The highest BCUT2D eigenvalue weighted by Gasteiger charge is 2.28. The van der Waals surface area contributed by atoms with E-state index in [0.717, 1.165) is 22.7 Å². The second-order valence-electron chi connectivity index (χ2n) is 9.94. The second kappa shape index (κ2) is 12.7. The van der Waals surface area contributed by atoms with Gasteiger partial charge in [-0.3, -0.25) is 15.0 Å². The van der Waals surface area contributed by atoms with Crippen LogP contribution < -0.4 is 10.2 Å². The Hall–Kier alpha value is -1.99. The summed E-state index contributed by atoms with van der Waals surface area (Å²) >= 11 is 2.76. The van der Waals surface area contributed by atoms with Gasteiger partial charge in [0.25, 0.3) is 0 Å². The van der Waals surface area contributed by atoms with Crippen molar-refractivity contribution >= 4 is 56.9 Å². The molecule has 12 heteroatoms. The van der Waals surface area contributed by atoms with E-state index in [1.54, 1.807) is 24.9 Å². The van der Waals surface area contributed by atoms with E-state index in [-0.39, 0.29) is 6.03 Å². The van der Waals surface area contributed by atoms with Crippen molar-refractivity contribution in [2.45, 2.75) is 48.6 Å². The minimum absolute atomic E-state index is 0.259. The number of anilines is 2. The fraction of sp³-hybridized carbons (Fsp3) is 0.560. The summed E-state index contributed by atoms with van der Waals surface area (Å²) in [6.07, 6.45) is 6.22. The minimum atomic E-state index is -1.26. The van der Waals surface area contributed by atoms with Gasteiger partial charge in [-0.05, 0) is 56.9 Å². The van der Waals surface area contributed by atoms with Crippen molar-refractivity contribution in [2.24, 2.45) is 11.3 Å². The molecule has 1 atom stereocenters. The number of ether oxygens (including phenoxy) is 1. The molecule has 2 aliphatic rings. The topological polar surface area (TPSA) is 112 Å². The van der Waals surface area contributed by atoms with Gasteiger partial charge >= 0.3 is 12.0 Å². The molecule has 2 heterocycles. The standard InChI is InChI=1S/C25H34N4O5S3/c1-25(2,22(30)31)17-35-21-15-26-23(36-21)27-24(32)29(16-18-5-3-4-6-18)19-7-9-20(10-8-19)37(33)28-11-13-34-14-12-28/h7-10,15,18H,3-6,11-14,16-17H2,1-2H3,(H,30,31)(H,26,27,32). The molecule has 1 aliphatic carbocycles. The van der Waals surface area contributed by atoms with Gasteiger partial charge in [0.1, 0.15) is 11.0 Å². The number of amides is 2. The highest BCUT2D eigenvalue weighted by molar-refractivity contribution is 8.01. The molecule has 1 unspecified atom stereocenters. The summed E-state index contributed by atoms with van der Waals surface area (Å²) < 4.78 is 21.0. The Labute approximate surface area is 228 Å². The van der Waals surface area contributed by atoms with Crippen molar-refractivity contribution in [3.63, 3.8) is 0 Å². The number of urea groups is 1. The largest absolute Gasteiger partial charge is 0.481 e. The zero-order chi connectivity index (χ0) is 26.4. The second-order valence-corrected chi connectivity index (χ2v) is 13.7. The number of hydrogen-bond donors (Lipinski definition) is 2. The zero-order valence-corrected chi connectivity index (χ0v) is 23.6. The number of carboxylic acid groups (broad SMARTS) is 1. The van der Waals surface area contributed by atoms with Gasteiger partial charge in [-0.2, -0.15) is 0 Å². The van der Waals surface area contributed by atoms with Gasteiger partial charge in [0.2, 0.25) is 0 Å². The Morgan fingerprint density at radius 3 is 2.57 bits per heavy atom. The van der Waals surface area contributed by atoms with Crippen molar-refractivity contribution in [2.75, 3.05) is 48.8 Å². The first-order valence-corrected chi connectivity index (χ1v) is 15.4. The molecule has 1 saturated carbocycles. The van der Waals surface area contributed by atoms with Gasteiger partial charge in [-0.15, -0.1) is 11.8 Å². The molecule has 2 aromatic rings.